The van der Waals surface area contributed by atoms with Crippen molar-refractivity contribution in [1.82, 2.24) is 19.6 Å². The smallest absolute Gasteiger partial charge is 0.410 e. The van der Waals surface area contributed by atoms with Crippen molar-refractivity contribution < 1.29 is 9.53 Å². The fraction of sp³-hybridized carbons (Fsp3) is 0.750. The summed E-state index contributed by atoms with van der Waals surface area (Å²) in [5.41, 5.74) is 1.28. The molecule has 1 aromatic heterocycles. The predicted molar refractivity (Wildman–Crippen MR) is 81.3 cm³/mol. The highest BCUT2D eigenvalue weighted by Gasteiger charge is 2.34. The first-order chi connectivity index (χ1) is 10.8. The molecule has 1 atom stereocenters. The molecule has 3 heterocycles. The van der Waals surface area contributed by atoms with Crippen molar-refractivity contribution in [1.29, 1.82) is 0 Å². The van der Waals surface area contributed by atoms with Crippen molar-refractivity contribution in [2.45, 2.75) is 44.8 Å². The number of aromatic nitrogens is 2. The molecule has 1 aromatic rings. The van der Waals surface area contributed by atoms with E-state index < -0.39 is 0 Å². The molecule has 2 saturated heterocycles. The van der Waals surface area contributed by atoms with Gasteiger partial charge >= 0.3 is 6.09 Å². The monoisotopic (exact) mass is 304 g/mol. The zero-order chi connectivity index (χ0) is 14.9. The minimum atomic E-state index is -0.135. The highest BCUT2D eigenvalue weighted by Crippen LogP contribution is 2.27. The van der Waals surface area contributed by atoms with Gasteiger partial charge in [0.2, 0.25) is 0 Å². The van der Waals surface area contributed by atoms with Crippen LogP contribution in [0.15, 0.2) is 12.4 Å². The largest absolute Gasteiger partial charge is 0.449 e. The van der Waals surface area contributed by atoms with Crippen LogP contribution < -0.4 is 0 Å². The Balaban J connectivity index is 1.32. The third kappa shape index (κ3) is 2.84. The first kappa shape index (κ1) is 14.1. The SMILES string of the molecule is O=C1OCCC2CN(Cc3cnn(CC4CCC4)c3)CCN12. The summed E-state index contributed by atoms with van der Waals surface area (Å²) in [6, 6.07) is 0.319. The Morgan fingerprint density at radius 2 is 2.18 bits per heavy atom. The third-order valence-corrected chi connectivity index (χ3v) is 5.24. The molecule has 0 bridgehead atoms. The van der Waals surface area contributed by atoms with E-state index in [1.807, 2.05) is 11.1 Å². The van der Waals surface area contributed by atoms with Gasteiger partial charge in [0.25, 0.3) is 0 Å². The highest BCUT2D eigenvalue weighted by molar-refractivity contribution is 5.69. The van der Waals surface area contributed by atoms with Gasteiger partial charge in [-0.15, -0.1) is 0 Å². The maximum atomic E-state index is 11.7. The zero-order valence-electron chi connectivity index (χ0n) is 13.0. The van der Waals surface area contributed by atoms with Gasteiger partial charge in [0.15, 0.2) is 0 Å². The van der Waals surface area contributed by atoms with Crippen LogP contribution in [0.25, 0.3) is 0 Å². The van der Waals surface area contributed by atoms with E-state index in [9.17, 15) is 4.79 Å². The average Bonchev–Trinajstić information content (AvgIpc) is 2.90. The molecule has 0 N–H and O–H groups in total. The number of piperazine rings is 1. The summed E-state index contributed by atoms with van der Waals surface area (Å²) >= 11 is 0. The molecule has 3 fully saturated rings. The number of cyclic esters (lactones) is 1. The van der Waals surface area contributed by atoms with Crippen LogP contribution in [-0.2, 0) is 17.8 Å². The van der Waals surface area contributed by atoms with Crippen LogP contribution >= 0.6 is 0 Å². The summed E-state index contributed by atoms with van der Waals surface area (Å²) in [5, 5.41) is 4.50. The number of ether oxygens (including phenoxy) is 1. The zero-order valence-corrected chi connectivity index (χ0v) is 13.0. The van der Waals surface area contributed by atoms with E-state index in [2.05, 4.69) is 20.9 Å². The van der Waals surface area contributed by atoms with Crippen LogP contribution in [-0.4, -0.2) is 58.0 Å². The van der Waals surface area contributed by atoms with E-state index in [-0.39, 0.29) is 6.09 Å². The molecule has 1 aliphatic carbocycles. The average molecular weight is 304 g/mol. The summed E-state index contributed by atoms with van der Waals surface area (Å²) in [4.78, 5) is 16.0. The Kier molecular flexibility index (Phi) is 3.78. The van der Waals surface area contributed by atoms with E-state index in [0.29, 0.717) is 12.6 Å². The van der Waals surface area contributed by atoms with Crippen molar-refractivity contribution >= 4 is 6.09 Å². The maximum Gasteiger partial charge on any atom is 0.410 e. The molecular weight excluding hydrogens is 280 g/mol. The van der Waals surface area contributed by atoms with E-state index >= 15 is 0 Å². The van der Waals surface area contributed by atoms with Crippen LogP contribution in [0.5, 0.6) is 0 Å². The van der Waals surface area contributed by atoms with Gasteiger partial charge in [-0.2, -0.15) is 5.10 Å². The normalized spacial score (nSPS) is 26.5. The topological polar surface area (TPSA) is 50.6 Å². The Morgan fingerprint density at radius 1 is 1.27 bits per heavy atom. The van der Waals surface area contributed by atoms with E-state index in [0.717, 1.165) is 45.1 Å². The second-order valence-electron chi connectivity index (χ2n) is 6.85. The van der Waals surface area contributed by atoms with Crippen LogP contribution in [0.2, 0.25) is 0 Å². The molecule has 1 unspecified atom stereocenters. The van der Waals surface area contributed by atoms with Gasteiger partial charge < -0.3 is 9.64 Å². The summed E-state index contributed by atoms with van der Waals surface area (Å²) in [6.07, 6.45) is 9.10. The summed E-state index contributed by atoms with van der Waals surface area (Å²) in [5.74, 6) is 0.838. The van der Waals surface area contributed by atoms with Gasteiger partial charge in [-0.25, -0.2) is 4.79 Å². The number of hydrogen-bond acceptors (Lipinski definition) is 4. The summed E-state index contributed by atoms with van der Waals surface area (Å²) in [7, 11) is 0. The first-order valence-corrected chi connectivity index (χ1v) is 8.45. The minimum Gasteiger partial charge on any atom is -0.449 e. The van der Waals surface area contributed by atoms with E-state index in [1.165, 1.54) is 24.8 Å². The number of amides is 1. The molecule has 0 aromatic carbocycles. The fourth-order valence-corrected chi connectivity index (χ4v) is 3.70. The number of carbonyl (C=O) groups excluding carboxylic acids is 1. The quantitative estimate of drug-likeness (QED) is 0.850. The summed E-state index contributed by atoms with van der Waals surface area (Å²) < 4.78 is 7.22. The van der Waals surface area contributed by atoms with Crippen molar-refractivity contribution in [3.63, 3.8) is 0 Å². The van der Waals surface area contributed by atoms with Gasteiger partial charge in [-0.3, -0.25) is 9.58 Å². The lowest BCUT2D eigenvalue weighted by Crippen LogP contribution is -2.57. The molecule has 1 amide bonds. The maximum absolute atomic E-state index is 11.7. The van der Waals surface area contributed by atoms with Crippen LogP contribution in [0.1, 0.15) is 31.2 Å². The first-order valence-electron chi connectivity index (χ1n) is 8.45. The molecular formula is C16H24N4O2. The second kappa shape index (κ2) is 5.91. The van der Waals surface area contributed by atoms with Crippen molar-refractivity contribution in [2.24, 2.45) is 5.92 Å². The lowest BCUT2D eigenvalue weighted by molar-refractivity contribution is 0.00440. The molecule has 4 rings (SSSR count). The highest BCUT2D eigenvalue weighted by atomic mass is 16.6. The Bertz CT molecular complexity index is 540. The van der Waals surface area contributed by atoms with Crippen molar-refractivity contribution in [3.05, 3.63) is 18.0 Å². The number of rotatable bonds is 4. The van der Waals surface area contributed by atoms with Gasteiger partial charge in [-0.1, -0.05) is 6.42 Å². The Hall–Kier alpha value is -1.56. The lowest BCUT2D eigenvalue weighted by atomic mass is 9.85. The standard InChI is InChI=1S/C16H24N4O2/c21-16-20-6-5-18(12-15(20)4-7-22-16)9-14-8-17-19(11-14)10-13-2-1-3-13/h8,11,13,15H,1-7,9-10,12H2. The molecule has 0 spiro atoms. The fourth-order valence-electron chi connectivity index (χ4n) is 3.70. The molecule has 1 saturated carbocycles. The van der Waals surface area contributed by atoms with Crippen LogP contribution in [0, 0.1) is 5.92 Å². The predicted octanol–water partition coefficient (Wildman–Crippen LogP) is 1.71. The molecule has 2 aliphatic heterocycles. The minimum absolute atomic E-state index is 0.135. The molecule has 120 valence electrons. The molecule has 6 nitrogen and oxygen atoms in total. The third-order valence-electron chi connectivity index (χ3n) is 5.24. The lowest BCUT2D eigenvalue weighted by Gasteiger charge is -2.43. The number of nitrogens with zero attached hydrogens (tertiary/aromatic N) is 4. The number of fused-ring (bicyclic) bond motifs is 1. The van der Waals surface area contributed by atoms with Gasteiger partial charge in [0.1, 0.15) is 0 Å². The Labute approximate surface area is 131 Å². The number of hydrogen-bond donors (Lipinski definition) is 0. The number of carbonyl (C=O) groups is 1. The molecule has 6 heteroatoms. The summed E-state index contributed by atoms with van der Waals surface area (Å²) in [6.45, 7) is 5.21. The van der Waals surface area contributed by atoms with Gasteiger partial charge in [0, 0.05) is 50.9 Å². The van der Waals surface area contributed by atoms with Crippen LogP contribution in [0.4, 0.5) is 4.79 Å². The molecule has 22 heavy (non-hydrogen) atoms. The molecule has 0 radical (unpaired) electrons. The molecule has 3 aliphatic rings. The van der Waals surface area contributed by atoms with Crippen molar-refractivity contribution in [2.75, 3.05) is 26.2 Å². The van der Waals surface area contributed by atoms with Crippen molar-refractivity contribution in [3.8, 4) is 0 Å². The second-order valence-corrected chi connectivity index (χ2v) is 6.85. The van der Waals surface area contributed by atoms with Gasteiger partial charge in [-0.05, 0) is 18.8 Å². The van der Waals surface area contributed by atoms with Gasteiger partial charge in [0.05, 0.1) is 18.8 Å². The van der Waals surface area contributed by atoms with E-state index in [4.69, 9.17) is 4.74 Å². The Morgan fingerprint density at radius 3 is 3.00 bits per heavy atom. The van der Waals surface area contributed by atoms with Crippen LogP contribution in [0.3, 0.4) is 0 Å². The van der Waals surface area contributed by atoms with E-state index in [1.54, 1.807) is 0 Å².